The van der Waals surface area contributed by atoms with Crippen molar-refractivity contribution in [1.82, 2.24) is 0 Å². The van der Waals surface area contributed by atoms with Gasteiger partial charge in [-0.05, 0) is 12.1 Å². The number of amides is 1. The molecule has 1 amide bonds. The number of hydrogen-bond donors (Lipinski definition) is 1. The molecule has 4 nitrogen and oxygen atoms in total. The van der Waals surface area contributed by atoms with E-state index in [2.05, 4.69) is 10.1 Å². The maximum absolute atomic E-state index is 13.3. The Labute approximate surface area is 90.0 Å². The fourth-order valence-corrected chi connectivity index (χ4v) is 1.31. The Kier molecular flexibility index (Phi) is 3.62. The first-order valence-electron chi connectivity index (χ1n) is 3.87. The summed E-state index contributed by atoms with van der Waals surface area (Å²) in [5, 5.41) is 2.10. The number of hydrogen-bond acceptors (Lipinski definition) is 3. The summed E-state index contributed by atoms with van der Waals surface area (Å²) in [7, 11) is 1.12. The first-order chi connectivity index (χ1) is 7.10. The molecule has 0 unspecified atom stereocenters. The van der Waals surface area contributed by atoms with E-state index in [9.17, 15) is 14.0 Å². The van der Waals surface area contributed by atoms with E-state index >= 15 is 0 Å². The van der Waals surface area contributed by atoms with Crippen LogP contribution in [-0.4, -0.2) is 19.5 Å². The third kappa shape index (κ3) is 2.44. The van der Waals surface area contributed by atoms with Crippen LogP contribution in [0.3, 0.4) is 0 Å². The highest BCUT2D eigenvalue weighted by molar-refractivity contribution is 6.34. The average molecular weight is 232 g/mol. The molecular weight excluding hydrogens is 225 g/mol. The van der Waals surface area contributed by atoms with Gasteiger partial charge in [-0.1, -0.05) is 11.6 Å². The van der Waals surface area contributed by atoms with Crippen LogP contribution in [-0.2, 0) is 9.53 Å². The summed E-state index contributed by atoms with van der Waals surface area (Å²) in [6.45, 7) is 0. The van der Waals surface area contributed by atoms with Crippen LogP contribution in [0.4, 0.5) is 10.1 Å². The molecule has 0 atom stereocenters. The van der Waals surface area contributed by atoms with Crippen LogP contribution in [0.1, 0.15) is 10.4 Å². The molecule has 0 fully saturated rings. The zero-order valence-corrected chi connectivity index (χ0v) is 8.47. The van der Waals surface area contributed by atoms with Crippen molar-refractivity contribution in [2.75, 3.05) is 12.4 Å². The van der Waals surface area contributed by atoms with Gasteiger partial charge in [0.05, 0.1) is 12.1 Å². The van der Waals surface area contributed by atoms with Gasteiger partial charge in [0, 0.05) is 5.69 Å². The third-order valence-electron chi connectivity index (χ3n) is 1.66. The monoisotopic (exact) mass is 231 g/mol. The van der Waals surface area contributed by atoms with Gasteiger partial charge < -0.3 is 10.1 Å². The van der Waals surface area contributed by atoms with Crippen LogP contribution in [0.5, 0.6) is 0 Å². The quantitative estimate of drug-likeness (QED) is 0.638. The average Bonchev–Trinajstić information content (AvgIpc) is 2.16. The van der Waals surface area contributed by atoms with Crippen molar-refractivity contribution in [3.8, 4) is 0 Å². The standard InChI is InChI=1S/C9H7ClFNO3/c1-15-9(14)8-6(10)2-5(12-4-13)3-7(8)11/h2-4H,1H3,(H,12,13). The second kappa shape index (κ2) is 4.75. The van der Waals surface area contributed by atoms with E-state index in [0.717, 1.165) is 13.2 Å². The molecule has 0 heterocycles. The summed E-state index contributed by atoms with van der Waals surface area (Å²) in [6.07, 6.45) is 0.378. The van der Waals surface area contributed by atoms with Crippen molar-refractivity contribution >= 4 is 29.7 Å². The molecule has 0 radical (unpaired) electrons. The molecule has 0 bridgehead atoms. The Balaban J connectivity index is 3.20. The van der Waals surface area contributed by atoms with Crippen molar-refractivity contribution in [2.45, 2.75) is 0 Å². The fraction of sp³-hybridized carbons (Fsp3) is 0.111. The van der Waals surface area contributed by atoms with Gasteiger partial charge in [-0.25, -0.2) is 9.18 Å². The van der Waals surface area contributed by atoms with E-state index < -0.39 is 11.8 Å². The van der Waals surface area contributed by atoms with E-state index in [4.69, 9.17) is 11.6 Å². The molecule has 0 saturated heterocycles. The first kappa shape index (κ1) is 11.5. The highest BCUT2D eigenvalue weighted by Crippen LogP contribution is 2.24. The van der Waals surface area contributed by atoms with Crippen LogP contribution in [0.25, 0.3) is 0 Å². The Hall–Kier alpha value is -1.62. The lowest BCUT2D eigenvalue weighted by molar-refractivity contribution is -0.105. The fourth-order valence-electron chi connectivity index (χ4n) is 1.02. The third-order valence-corrected chi connectivity index (χ3v) is 1.96. The smallest absolute Gasteiger partial charge is 0.342 e. The molecule has 6 heteroatoms. The summed E-state index contributed by atoms with van der Waals surface area (Å²) in [5.74, 6) is -1.71. The lowest BCUT2D eigenvalue weighted by atomic mass is 10.2. The number of carbonyl (C=O) groups excluding carboxylic acids is 2. The number of halogens is 2. The maximum Gasteiger partial charge on any atom is 0.342 e. The zero-order chi connectivity index (χ0) is 11.4. The van der Waals surface area contributed by atoms with E-state index in [1.807, 2.05) is 0 Å². The molecule has 0 aliphatic carbocycles. The number of anilines is 1. The van der Waals surface area contributed by atoms with Gasteiger partial charge in [0.1, 0.15) is 11.4 Å². The number of rotatable bonds is 3. The summed E-state index contributed by atoms with van der Waals surface area (Å²) in [6, 6.07) is 2.23. The minimum absolute atomic E-state index is 0.119. The highest BCUT2D eigenvalue weighted by Gasteiger charge is 2.17. The first-order valence-corrected chi connectivity index (χ1v) is 4.25. The van der Waals surface area contributed by atoms with Crippen molar-refractivity contribution in [2.24, 2.45) is 0 Å². The molecule has 0 saturated carbocycles. The molecule has 0 aromatic heterocycles. The zero-order valence-electron chi connectivity index (χ0n) is 7.71. The van der Waals surface area contributed by atoms with Crippen molar-refractivity contribution in [1.29, 1.82) is 0 Å². The van der Waals surface area contributed by atoms with Crippen molar-refractivity contribution in [3.05, 3.63) is 28.5 Å². The highest BCUT2D eigenvalue weighted by atomic mass is 35.5. The van der Waals surface area contributed by atoms with Gasteiger partial charge in [0.25, 0.3) is 0 Å². The molecule has 1 rings (SSSR count). The number of benzene rings is 1. The van der Waals surface area contributed by atoms with Crippen LogP contribution < -0.4 is 5.32 Å². The predicted octanol–water partition coefficient (Wildman–Crippen LogP) is 1.83. The van der Waals surface area contributed by atoms with E-state index in [-0.39, 0.29) is 16.3 Å². The number of methoxy groups -OCH3 is 1. The number of carbonyl (C=O) groups is 2. The van der Waals surface area contributed by atoms with Crippen molar-refractivity contribution < 1.29 is 18.7 Å². The predicted molar refractivity (Wildman–Crippen MR) is 52.4 cm³/mol. The van der Waals surface area contributed by atoms with Gasteiger partial charge >= 0.3 is 5.97 Å². The van der Waals surface area contributed by atoms with Crippen LogP contribution >= 0.6 is 11.6 Å². The lowest BCUT2D eigenvalue weighted by Gasteiger charge is -2.06. The topological polar surface area (TPSA) is 55.4 Å². The minimum atomic E-state index is -0.866. The van der Waals surface area contributed by atoms with Gasteiger partial charge in [0.15, 0.2) is 0 Å². The minimum Gasteiger partial charge on any atom is -0.465 e. The van der Waals surface area contributed by atoms with E-state index in [0.29, 0.717) is 6.41 Å². The van der Waals surface area contributed by atoms with Crippen LogP contribution in [0.2, 0.25) is 5.02 Å². The summed E-state index contributed by atoms with van der Waals surface area (Å²) >= 11 is 5.65. The summed E-state index contributed by atoms with van der Waals surface area (Å²) < 4.78 is 17.7. The number of ether oxygens (including phenoxy) is 1. The normalized spacial score (nSPS) is 9.53. The molecule has 1 aromatic carbocycles. The van der Waals surface area contributed by atoms with Gasteiger partial charge in [-0.3, -0.25) is 4.79 Å². The Morgan fingerprint density at radius 1 is 1.60 bits per heavy atom. The second-order valence-electron chi connectivity index (χ2n) is 2.57. The van der Waals surface area contributed by atoms with Crippen LogP contribution in [0.15, 0.2) is 12.1 Å². The molecular formula is C9H7ClFNO3. The molecule has 0 aliphatic heterocycles. The number of nitrogens with one attached hydrogen (secondary N) is 1. The SMILES string of the molecule is COC(=O)c1c(F)cc(NC=O)cc1Cl. The van der Waals surface area contributed by atoms with Crippen LogP contribution in [0, 0.1) is 5.82 Å². The Morgan fingerprint density at radius 2 is 2.27 bits per heavy atom. The van der Waals surface area contributed by atoms with E-state index in [1.54, 1.807) is 0 Å². The molecule has 0 spiro atoms. The Morgan fingerprint density at radius 3 is 2.73 bits per heavy atom. The van der Waals surface area contributed by atoms with Gasteiger partial charge in [-0.15, -0.1) is 0 Å². The molecule has 1 N–H and O–H groups in total. The van der Waals surface area contributed by atoms with Crippen molar-refractivity contribution in [3.63, 3.8) is 0 Å². The Bertz CT molecular complexity index is 385. The largest absolute Gasteiger partial charge is 0.465 e. The number of esters is 1. The van der Waals surface area contributed by atoms with Gasteiger partial charge in [-0.2, -0.15) is 0 Å². The summed E-state index contributed by atoms with van der Waals surface area (Å²) in [4.78, 5) is 21.2. The molecule has 0 aliphatic rings. The summed E-state index contributed by atoms with van der Waals surface area (Å²) in [5.41, 5.74) is -0.184. The van der Waals surface area contributed by atoms with Gasteiger partial charge in [0.2, 0.25) is 6.41 Å². The molecule has 15 heavy (non-hydrogen) atoms. The second-order valence-corrected chi connectivity index (χ2v) is 2.98. The van der Waals surface area contributed by atoms with E-state index in [1.165, 1.54) is 6.07 Å². The molecule has 1 aromatic rings. The molecule has 80 valence electrons. The maximum atomic E-state index is 13.3. The lowest BCUT2D eigenvalue weighted by Crippen LogP contribution is -2.06.